The first-order valence-corrected chi connectivity index (χ1v) is 7.82. The van der Waals surface area contributed by atoms with Crippen LogP contribution in [0.5, 0.6) is 0 Å². The molecule has 2 aromatic carbocycles. The van der Waals surface area contributed by atoms with E-state index in [0.717, 1.165) is 17.4 Å². The molecule has 0 aliphatic heterocycles. The summed E-state index contributed by atoms with van der Waals surface area (Å²) in [6.07, 6.45) is -1.10. The van der Waals surface area contributed by atoms with Gasteiger partial charge in [0.2, 0.25) is 0 Å². The standard InChI is InChI=1S/C15H15FO3S/c1-20(18,19)14-8-6-12(7-9-14)11-2-4-13(5-3-11)15(17)10-16/h2-9,15,17H,10H2,1H3/i15D. The molecule has 106 valence electrons. The summed E-state index contributed by atoms with van der Waals surface area (Å²) in [6, 6.07) is 12.6. The van der Waals surface area contributed by atoms with Gasteiger partial charge in [0.25, 0.3) is 0 Å². The van der Waals surface area contributed by atoms with Crippen LogP contribution in [0.25, 0.3) is 11.1 Å². The molecule has 0 amide bonds. The molecule has 0 aromatic heterocycles. The molecule has 0 bridgehead atoms. The van der Waals surface area contributed by atoms with Crippen molar-refractivity contribution >= 4 is 9.84 Å². The Morgan fingerprint density at radius 2 is 1.55 bits per heavy atom. The van der Waals surface area contributed by atoms with E-state index in [2.05, 4.69) is 0 Å². The molecule has 1 N–H and O–H groups in total. The molecule has 3 nitrogen and oxygen atoms in total. The van der Waals surface area contributed by atoms with Crippen LogP contribution in [0.3, 0.4) is 0 Å². The zero-order valence-corrected chi connectivity index (χ0v) is 11.7. The lowest BCUT2D eigenvalue weighted by molar-refractivity contribution is 0.142. The number of benzene rings is 2. The van der Waals surface area contributed by atoms with E-state index in [1.165, 1.54) is 24.3 Å². The van der Waals surface area contributed by atoms with Crippen LogP contribution in [0, 0.1) is 0 Å². The first kappa shape index (κ1) is 13.3. The van der Waals surface area contributed by atoms with Gasteiger partial charge in [-0.25, -0.2) is 12.8 Å². The van der Waals surface area contributed by atoms with Gasteiger partial charge in [-0.3, -0.25) is 0 Å². The first-order valence-electron chi connectivity index (χ1n) is 6.43. The summed E-state index contributed by atoms with van der Waals surface area (Å²) < 4.78 is 42.7. The summed E-state index contributed by atoms with van der Waals surface area (Å²) in [5.41, 5.74) is 1.75. The Labute approximate surface area is 119 Å². The average Bonchev–Trinajstić information content (AvgIpc) is 2.47. The quantitative estimate of drug-likeness (QED) is 0.943. The van der Waals surface area contributed by atoms with E-state index in [-0.39, 0.29) is 10.5 Å². The van der Waals surface area contributed by atoms with Crippen molar-refractivity contribution in [3.63, 3.8) is 0 Å². The second kappa shape index (κ2) is 5.73. The fourth-order valence-corrected chi connectivity index (χ4v) is 2.46. The van der Waals surface area contributed by atoms with Crippen LogP contribution in [0.15, 0.2) is 53.4 Å². The van der Waals surface area contributed by atoms with Crippen LogP contribution >= 0.6 is 0 Å². The fraction of sp³-hybridized carbons (Fsp3) is 0.200. The molecule has 0 radical (unpaired) electrons. The number of aliphatic hydroxyl groups is 1. The molecule has 1 unspecified atom stereocenters. The summed E-state index contributed by atoms with van der Waals surface area (Å²) >= 11 is 0. The predicted molar refractivity (Wildman–Crippen MR) is 75.9 cm³/mol. The molecular weight excluding hydrogens is 279 g/mol. The van der Waals surface area contributed by atoms with Crippen LogP contribution in [0.4, 0.5) is 4.39 Å². The third-order valence-electron chi connectivity index (χ3n) is 2.96. The zero-order chi connectivity index (χ0) is 15.7. The van der Waals surface area contributed by atoms with Gasteiger partial charge in [0, 0.05) is 6.26 Å². The highest BCUT2D eigenvalue weighted by Gasteiger charge is 2.08. The summed E-state index contributed by atoms with van der Waals surface area (Å²) in [5.74, 6) is 0. The molecule has 1 atom stereocenters. The van der Waals surface area contributed by atoms with Crippen LogP contribution in [-0.4, -0.2) is 26.5 Å². The van der Waals surface area contributed by atoms with E-state index >= 15 is 0 Å². The monoisotopic (exact) mass is 295 g/mol. The smallest absolute Gasteiger partial charge is 0.175 e. The highest BCUT2D eigenvalue weighted by Crippen LogP contribution is 2.23. The Morgan fingerprint density at radius 1 is 1.10 bits per heavy atom. The summed E-state index contributed by atoms with van der Waals surface area (Å²) in [7, 11) is -3.23. The van der Waals surface area contributed by atoms with Crippen molar-refractivity contribution in [2.45, 2.75) is 11.0 Å². The Kier molecular flexibility index (Phi) is 3.80. The Morgan fingerprint density at radius 3 is 1.95 bits per heavy atom. The van der Waals surface area contributed by atoms with Gasteiger partial charge in [-0.1, -0.05) is 36.4 Å². The molecule has 0 aliphatic rings. The lowest BCUT2D eigenvalue weighted by Crippen LogP contribution is -1.98. The largest absolute Gasteiger partial charge is 0.386 e. The molecule has 0 aliphatic carbocycles. The molecule has 0 saturated heterocycles. The third kappa shape index (κ3) is 3.23. The molecular formula is C15H15FO3S. The molecule has 5 heteroatoms. The van der Waals surface area contributed by atoms with Crippen molar-refractivity contribution in [1.82, 2.24) is 0 Å². The van der Waals surface area contributed by atoms with Crippen molar-refractivity contribution in [1.29, 1.82) is 0 Å². The minimum atomic E-state index is -3.23. The van der Waals surface area contributed by atoms with Gasteiger partial charge in [-0.05, 0) is 28.8 Å². The maximum atomic E-state index is 12.5. The first-order chi connectivity index (χ1) is 9.74. The van der Waals surface area contributed by atoms with E-state index in [9.17, 15) is 17.9 Å². The van der Waals surface area contributed by atoms with Crippen LogP contribution in [0.1, 0.15) is 13.0 Å². The van der Waals surface area contributed by atoms with E-state index in [1.807, 2.05) is 0 Å². The van der Waals surface area contributed by atoms with Gasteiger partial charge < -0.3 is 5.11 Å². The Hall–Kier alpha value is -1.72. The minimum Gasteiger partial charge on any atom is -0.386 e. The third-order valence-corrected chi connectivity index (χ3v) is 4.09. The lowest BCUT2D eigenvalue weighted by Gasteiger charge is -2.08. The van der Waals surface area contributed by atoms with E-state index in [1.54, 1.807) is 24.3 Å². The highest BCUT2D eigenvalue weighted by molar-refractivity contribution is 7.90. The SMILES string of the molecule is [2H]C(O)(CF)c1ccc(-c2ccc(S(C)(=O)=O)cc2)cc1. The molecule has 0 heterocycles. The zero-order valence-electron chi connectivity index (χ0n) is 11.9. The second-order valence-electron chi connectivity index (χ2n) is 4.45. The maximum absolute atomic E-state index is 12.5. The number of rotatable bonds is 4. The second-order valence-corrected chi connectivity index (χ2v) is 6.47. The molecule has 2 aromatic rings. The van der Waals surface area contributed by atoms with Crippen molar-refractivity contribution in [3.05, 3.63) is 54.1 Å². The van der Waals surface area contributed by atoms with Crippen molar-refractivity contribution < 1.29 is 19.3 Å². The Bertz CT molecular complexity index is 723. The average molecular weight is 295 g/mol. The number of hydrogen-bond acceptors (Lipinski definition) is 3. The normalized spacial score (nSPS) is 15.4. The molecule has 0 fully saturated rings. The summed E-state index contributed by atoms with van der Waals surface area (Å²) in [6.45, 7) is -1.19. The molecule has 0 spiro atoms. The predicted octanol–water partition coefficient (Wildman–Crippen LogP) is 2.76. The van der Waals surface area contributed by atoms with Crippen molar-refractivity contribution in [2.75, 3.05) is 12.9 Å². The lowest BCUT2D eigenvalue weighted by atomic mass is 10.0. The Balaban J connectivity index is 2.31. The summed E-state index contributed by atoms with van der Waals surface area (Å²) in [4.78, 5) is 0.237. The fourth-order valence-electron chi connectivity index (χ4n) is 1.83. The topological polar surface area (TPSA) is 54.4 Å². The summed E-state index contributed by atoms with van der Waals surface area (Å²) in [5, 5.41) is 9.51. The number of sulfone groups is 1. The highest BCUT2D eigenvalue weighted by atomic mass is 32.2. The van der Waals surface area contributed by atoms with E-state index in [0.29, 0.717) is 0 Å². The number of halogens is 1. The van der Waals surface area contributed by atoms with Crippen molar-refractivity contribution in [3.8, 4) is 11.1 Å². The van der Waals surface area contributed by atoms with Gasteiger partial charge in [0.15, 0.2) is 9.84 Å². The van der Waals surface area contributed by atoms with Crippen LogP contribution in [-0.2, 0) is 9.84 Å². The number of hydrogen-bond donors (Lipinski definition) is 1. The molecule has 0 saturated carbocycles. The van der Waals surface area contributed by atoms with Crippen LogP contribution < -0.4 is 0 Å². The van der Waals surface area contributed by atoms with Gasteiger partial charge in [0.05, 0.1) is 6.27 Å². The maximum Gasteiger partial charge on any atom is 0.175 e. The number of alkyl halides is 1. The van der Waals surface area contributed by atoms with Gasteiger partial charge in [0.1, 0.15) is 12.8 Å². The van der Waals surface area contributed by atoms with E-state index in [4.69, 9.17) is 1.37 Å². The van der Waals surface area contributed by atoms with Crippen molar-refractivity contribution in [2.24, 2.45) is 0 Å². The van der Waals surface area contributed by atoms with Crippen LogP contribution in [0.2, 0.25) is 0 Å². The molecule has 20 heavy (non-hydrogen) atoms. The van der Waals surface area contributed by atoms with E-state index < -0.39 is 22.6 Å². The van der Waals surface area contributed by atoms with Gasteiger partial charge in [-0.2, -0.15) is 0 Å². The molecule has 2 rings (SSSR count). The van der Waals surface area contributed by atoms with Gasteiger partial charge >= 0.3 is 0 Å². The van der Waals surface area contributed by atoms with Gasteiger partial charge in [-0.15, -0.1) is 0 Å². The minimum absolute atomic E-state index is 0.168.